The number of carboxylic acid groups (broad SMARTS) is 1. The summed E-state index contributed by atoms with van der Waals surface area (Å²) in [6.07, 6.45) is 3.20. The molecule has 0 radical (unpaired) electrons. The van der Waals surface area contributed by atoms with E-state index in [2.05, 4.69) is 5.10 Å². The summed E-state index contributed by atoms with van der Waals surface area (Å²) in [5, 5.41) is 13.3. The highest BCUT2D eigenvalue weighted by Crippen LogP contribution is 2.18. The van der Waals surface area contributed by atoms with Crippen LogP contribution in [-0.2, 0) is 0 Å². The van der Waals surface area contributed by atoms with Gasteiger partial charge in [0.25, 0.3) is 0 Å². The molecule has 1 N–H and O–H groups in total. The lowest BCUT2D eigenvalue weighted by molar-refractivity contribution is 0.0696. The predicted molar refractivity (Wildman–Crippen MR) is 69.8 cm³/mol. The van der Waals surface area contributed by atoms with Gasteiger partial charge < -0.3 is 5.11 Å². The second-order valence-corrected chi connectivity index (χ2v) is 4.22. The third kappa shape index (κ3) is 2.32. The summed E-state index contributed by atoms with van der Waals surface area (Å²) in [6, 6.07) is 9.47. The van der Waals surface area contributed by atoms with Gasteiger partial charge in [-0.1, -0.05) is 23.8 Å². The summed E-state index contributed by atoms with van der Waals surface area (Å²) >= 11 is 0. The van der Waals surface area contributed by atoms with E-state index in [4.69, 9.17) is 5.11 Å². The summed E-state index contributed by atoms with van der Waals surface area (Å²) in [4.78, 5) is 11.2. The minimum absolute atomic E-state index is 0.208. The van der Waals surface area contributed by atoms with Crippen LogP contribution in [0.3, 0.4) is 0 Å². The van der Waals surface area contributed by atoms with E-state index in [9.17, 15) is 4.79 Å². The smallest absolute Gasteiger partial charge is 0.339 e. The van der Waals surface area contributed by atoms with E-state index in [1.54, 1.807) is 4.68 Å². The Labute approximate surface area is 105 Å². The fraction of sp³-hybridized carbons (Fsp3) is 0.143. The molecule has 0 fully saturated rings. The van der Waals surface area contributed by atoms with E-state index in [0.29, 0.717) is 5.69 Å². The zero-order valence-electron chi connectivity index (χ0n) is 10.3. The molecule has 0 bridgehead atoms. The van der Waals surface area contributed by atoms with Crippen LogP contribution in [-0.4, -0.2) is 20.9 Å². The number of nitrogens with zero attached hydrogens (tertiary/aromatic N) is 2. The van der Waals surface area contributed by atoms with E-state index in [1.165, 1.54) is 6.20 Å². The topological polar surface area (TPSA) is 55.1 Å². The van der Waals surface area contributed by atoms with Crippen LogP contribution in [0, 0.1) is 0 Å². The maximum absolute atomic E-state index is 11.2. The van der Waals surface area contributed by atoms with Crippen LogP contribution < -0.4 is 0 Å². The number of aromatic carboxylic acids is 1. The first-order chi connectivity index (χ1) is 8.59. The zero-order valence-corrected chi connectivity index (χ0v) is 10.3. The quantitative estimate of drug-likeness (QED) is 0.900. The van der Waals surface area contributed by atoms with Crippen molar-refractivity contribution in [2.75, 3.05) is 0 Å². The van der Waals surface area contributed by atoms with Gasteiger partial charge in [0.2, 0.25) is 0 Å². The van der Waals surface area contributed by atoms with Gasteiger partial charge in [-0.3, -0.25) is 0 Å². The summed E-state index contributed by atoms with van der Waals surface area (Å²) in [5.41, 5.74) is 2.67. The summed E-state index contributed by atoms with van der Waals surface area (Å²) < 4.78 is 1.64. The SMILES string of the molecule is CC(C)=Cc1c(C(=O)O)cnn1-c1ccccc1. The molecule has 0 unspecified atom stereocenters. The summed E-state index contributed by atoms with van der Waals surface area (Å²) in [7, 11) is 0. The minimum atomic E-state index is -0.968. The normalized spacial score (nSPS) is 10.1. The van der Waals surface area contributed by atoms with E-state index >= 15 is 0 Å². The zero-order chi connectivity index (χ0) is 13.1. The maximum Gasteiger partial charge on any atom is 0.339 e. The molecule has 1 aromatic carbocycles. The second-order valence-electron chi connectivity index (χ2n) is 4.22. The van der Waals surface area contributed by atoms with E-state index < -0.39 is 5.97 Å². The molecule has 0 spiro atoms. The molecule has 0 atom stereocenters. The number of hydrogen-bond acceptors (Lipinski definition) is 2. The van der Waals surface area contributed by atoms with Crippen molar-refractivity contribution in [1.82, 2.24) is 9.78 Å². The van der Waals surface area contributed by atoms with Crippen LogP contribution in [0.1, 0.15) is 29.9 Å². The van der Waals surface area contributed by atoms with Crippen LogP contribution in [0.2, 0.25) is 0 Å². The average molecular weight is 242 g/mol. The second kappa shape index (κ2) is 4.87. The summed E-state index contributed by atoms with van der Waals surface area (Å²) in [5.74, 6) is -0.968. The fourth-order valence-electron chi connectivity index (χ4n) is 1.71. The van der Waals surface area contributed by atoms with Crippen molar-refractivity contribution >= 4 is 12.0 Å². The molecule has 4 heteroatoms. The van der Waals surface area contributed by atoms with Gasteiger partial charge in [0.15, 0.2) is 0 Å². The van der Waals surface area contributed by atoms with E-state index in [0.717, 1.165) is 11.3 Å². The first kappa shape index (κ1) is 12.1. The fourth-order valence-corrected chi connectivity index (χ4v) is 1.71. The van der Waals surface area contributed by atoms with Gasteiger partial charge in [-0.25, -0.2) is 9.48 Å². The Balaban J connectivity index is 2.62. The molecule has 2 aromatic rings. The van der Waals surface area contributed by atoms with Gasteiger partial charge in [0.1, 0.15) is 5.56 Å². The van der Waals surface area contributed by atoms with Crippen LogP contribution >= 0.6 is 0 Å². The molecular formula is C14H14N2O2. The Hall–Kier alpha value is -2.36. The minimum Gasteiger partial charge on any atom is -0.478 e. The molecule has 4 nitrogen and oxygen atoms in total. The first-order valence-corrected chi connectivity index (χ1v) is 5.61. The van der Waals surface area contributed by atoms with Gasteiger partial charge in [-0.05, 0) is 32.1 Å². The highest BCUT2D eigenvalue weighted by atomic mass is 16.4. The lowest BCUT2D eigenvalue weighted by atomic mass is 10.2. The predicted octanol–water partition coefficient (Wildman–Crippen LogP) is 2.99. The standard InChI is InChI=1S/C14H14N2O2/c1-10(2)8-13-12(14(17)18)9-15-16(13)11-6-4-3-5-7-11/h3-9H,1-2H3,(H,17,18). The Morgan fingerprint density at radius 3 is 2.50 bits per heavy atom. The van der Waals surface area contributed by atoms with Gasteiger partial charge >= 0.3 is 5.97 Å². The highest BCUT2D eigenvalue weighted by Gasteiger charge is 2.15. The van der Waals surface area contributed by atoms with E-state index in [-0.39, 0.29) is 5.56 Å². The molecule has 0 amide bonds. The number of carbonyl (C=O) groups is 1. The van der Waals surface area contributed by atoms with Crippen LogP contribution in [0.4, 0.5) is 0 Å². The number of rotatable bonds is 3. The summed E-state index contributed by atoms with van der Waals surface area (Å²) in [6.45, 7) is 3.85. The first-order valence-electron chi connectivity index (χ1n) is 5.61. The van der Waals surface area contributed by atoms with Crippen LogP contribution in [0.15, 0.2) is 42.1 Å². The van der Waals surface area contributed by atoms with Crippen molar-refractivity contribution in [1.29, 1.82) is 0 Å². The number of hydrogen-bond donors (Lipinski definition) is 1. The van der Waals surface area contributed by atoms with Crippen molar-refractivity contribution in [3.8, 4) is 5.69 Å². The van der Waals surface area contributed by atoms with Crippen LogP contribution in [0.5, 0.6) is 0 Å². The molecular weight excluding hydrogens is 228 g/mol. The van der Waals surface area contributed by atoms with Crippen molar-refractivity contribution in [2.24, 2.45) is 0 Å². The average Bonchev–Trinajstić information content (AvgIpc) is 2.73. The Morgan fingerprint density at radius 1 is 1.28 bits per heavy atom. The molecule has 0 aliphatic rings. The maximum atomic E-state index is 11.2. The molecule has 2 rings (SSSR count). The molecule has 1 heterocycles. The number of aromatic nitrogens is 2. The molecule has 0 saturated heterocycles. The Kier molecular flexibility index (Phi) is 3.28. The molecule has 0 saturated carbocycles. The van der Waals surface area contributed by atoms with E-state index in [1.807, 2.05) is 50.3 Å². The number of benzene rings is 1. The molecule has 1 aromatic heterocycles. The third-order valence-electron chi connectivity index (χ3n) is 2.46. The van der Waals surface area contributed by atoms with Crippen molar-refractivity contribution in [3.05, 3.63) is 53.4 Å². The largest absolute Gasteiger partial charge is 0.478 e. The molecule has 0 aliphatic carbocycles. The molecule has 92 valence electrons. The number of carboxylic acids is 1. The van der Waals surface area contributed by atoms with Crippen molar-refractivity contribution < 1.29 is 9.90 Å². The molecule has 0 aliphatic heterocycles. The van der Waals surface area contributed by atoms with Crippen LogP contribution in [0.25, 0.3) is 11.8 Å². The van der Waals surface area contributed by atoms with Crippen molar-refractivity contribution in [3.63, 3.8) is 0 Å². The molecule has 18 heavy (non-hydrogen) atoms. The van der Waals surface area contributed by atoms with Gasteiger partial charge in [-0.15, -0.1) is 0 Å². The van der Waals surface area contributed by atoms with Gasteiger partial charge in [0.05, 0.1) is 17.6 Å². The van der Waals surface area contributed by atoms with Gasteiger partial charge in [0, 0.05) is 0 Å². The monoisotopic (exact) mass is 242 g/mol. The van der Waals surface area contributed by atoms with Gasteiger partial charge in [-0.2, -0.15) is 5.10 Å². The Bertz CT molecular complexity index is 594. The van der Waals surface area contributed by atoms with Crippen molar-refractivity contribution in [2.45, 2.75) is 13.8 Å². The Morgan fingerprint density at radius 2 is 1.94 bits per heavy atom. The lowest BCUT2D eigenvalue weighted by Gasteiger charge is -2.05. The third-order valence-corrected chi connectivity index (χ3v) is 2.46. The highest BCUT2D eigenvalue weighted by molar-refractivity contribution is 5.91. The number of para-hydroxylation sites is 1. The lowest BCUT2D eigenvalue weighted by Crippen LogP contribution is -2.02. The number of allylic oxidation sites excluding steroid dienone is 1.